The van der Waals surface area contributed by atoms with Crippen LogP contribution in [0.2, 0.25) is 0 Å². The van der Waals surface area contributed by atoms with Gasteiger partial charge in [-0.3, -0.25) is 0 Å². The molecule has 0 fully saturated rings. The molecule has 0 atom stereocenters. The van der Waals surface area contributed by atoms with Crippen molar-refractivity contribution in [3.05, 3.63) is 138 Å². The van der Waals surface area contributed by atoms with E-state index in [1.165, 1.54) is 88.2 Å². The summed E-state index contributed by atoms with van der Waals surface area (Å²) < 4.78 is 30.3. The van der Waals surface area contributed by atoms with Gasteiger partial charge in [-0.1, -0.05) is 95.8 Å². The van der Waals surface area contributed by atoms with Gasteiger partial charge >= 0.3 is 5.97 Å². The number of hydrogen-bond donors (Lipinski definition) is 0. The first kappa shape index (κ1) is 55.0. The lowest BCUT2D eigenvalue weighted by atomic mass is 10.1. The van der Waals surface area contributed by atoms with Gasteiger partial charge < -0.3 is 23.7 Å². The summed E-state index contributed by atoms with van der Waals surface area (Å²) in [4.78, 5) is 31.7. The van der Waals surface area contributed by atoms with Crippen LogP contribution in [0.1, 0.15) is 169 Å². The van der Waals surface area contributed by atoms with Gasteiger partial charge in [0, 0.05) is 35.9 Å². The number of unbranched alkanes of at least 4 members (excludes halogenated alkanes) is 16. The van der Waals surface area contributed by atoms with Gasteiger partial charge in [-0.05, 0) is 174 Å². The minimum atomic E-state index is -0.443. The molecule has 0 aliphatic carbocycles. The number of ether oxygens (including phenoxy) is 5. The van der Waals surface area contributed by atoms with E-state index in [4.69, 9.17) is 23.7 Å². The predicted molar refractivity (Wildman–Crippen MR) is 291 cm³/mol. The van der Waals surface area contributed by atoms with Gasteiger partial charge in [-0.25, -0.2) is 24.7 Å². The van der Waals surface area contributed by atoms with E-state index in [1.807, 2.05) is 98.4 Å². The quantitative estimate of drug-likeness (QED) is 0.0214. The molecule has 384 valence electrons. The van der Waals surface area contributed by atoms with E-state index in [0.717, 1.165) is 104 Å². The molecule has 10 heteroatoms. The Morgan fingerprint density at radius 1 is 0.403 bits per heavy atom. The van der Waals surface area contributed by atoms with Crippen molar-refractivity contribution in [3.8, 4) is 51.5 Å². The molecule has 0 unspecified atom stereocenters. The van der Waals surface area contributed by atoms with Crippen molar-refractivity contribution < 1.29 is 28.5 Å². The third kappa shape index (κ3) is 20.4. The molecule has 6 aromatic rings. The molecule has 0 spiro atoms. The van der Waals surface area contributed by atoms with Crippen molar-refractivity contribution in [2.45, 2.75) is 162 Å². The van der Waals surface area contributed by atoms with Gasteiger partial charge in [0.15, 0.2) is 23.1 Å². The van der Waals surface area contributed by atoms with Crippen molar-refractivity contribution in [3.63, 3.8) is 0 Å². The second kappa shape index (κ2) is 32.6. The summed E-state index contributed by atoms with van der Waals surface area (Å²) >= 11 is 0. The Morgan fingerprint density at radius 3 is 1.25 bits per heavy atom. The zero-order chi connectivity index (χ0) is 50.3. The Balaban J connectivity index is 0.863. The van der Waals surface area contributed by atoms with Crippen LogP contribution >= 0.6 is 0 Å². The fraction of sp³-hybridized carbons (Fsp3) is 0.468. The fourth-order valence-electron chi connectivity index (χ4n) is 8.38. The molecule has 0 radical (unpaired) electrons. The van der Waals surface area contributed by atoms with E-state index in [0.29, 0.717) is 49.2 Å². The molecule has 10 nitrogen and oxygen atoms in total. The van der Waals surface area contributed by atoms with E-state index in [9.17, 15) is 4.79 Å². The molecule has 0 bridgehead atoms. The standard InChI is InChI=1S/C62H80N4O6/c1-4-6-8-10-12-18-24-50-45-63-60(64-46-50)52-28-35-55(36-29-52)68-40-20-14-16-22-42-70-58-39-32-54(62(67)72-57-33-26-49(3)27-34-57)44-59(58)71-43-23-17-15-21-41-69-56-37-30-53(31-38-56)61-65-47-51(48-66-61)25-19-13-11-9-7-5-2/h26-39,44-48H,4-25,40-43H2,1-3H3. The molecule has 0 aliphatic rings. The molecule has 6 rings (SSSR count). The van der Waals surface area contributed by atoms with Crippen LogP contribution in [-0.4, -0.2) is 52.3 Å². The van der Waals surface area contributed by atoms with Crippen LogP contribution in [0.4, 0.5) is 0 Å². The average molecular weight is 977 g/mol. The number of esters is 1. The highest BCUT2D eigenvalue weighted by Gasteiger charge is 2.15. The lowest BCUT2D eigenvalue weighted by Gasteiger charge is -2.14. The second-order valence-electron chi connectivity index (χ2n) is 19.0. The number of benzene rings is 4. The van der Waals surface area contributed by atoms with Crippen LogP contribution in [0, 0.1) is 6.92 Å². The van der Waals surface area contributed by atoms with E-state index in [-0.39, 0.29) is 0 Å². The molecule has 0 N–H and O–H groups in total. The van der Waals surface area contributed by atoms with Crippen molar-refractivity contribution in [2.75, 3.05) is 26.4 Å². The maximum absolute atomic E-state index is 13.2. The SMILES string of the molecule is CCCCCCCCc1cnc(-c2ccc(OCCCCCCOc3ccc(C(=O)Oc4ccc(C)cc4)cc3OCCCCCCOc3ccc(-c4ncc(CCCCCCCC)cn4)cc3)cc2)nc1. The largest absolute Gasteiger partial charge is 0.494 e. The maximum Gasteiger partial charge on any atom is 0.343 e. The van der Waals surface area contributed by atoms with Crippen LogP contribution in [-0.2, 0) is 12.8 Å². The molecule has 72 heavy (non-hydrogen) atoms. The second-order valence-corrected chi connectivity index (χ2v) is 19.0. The molecular weight excluding hydrogens is 897 g/mol. The summed E-state index contributed by atoms with van der Waals surface area (Å²) in [5.74, 6) is 4.38. The third-order valence-electron chi connectivity index (χ3n) is 12.8. The third-order valence-corrected chi connectivity index (χ3v) is 12.8. The van der Waals surface area contributed by atoms with Gasteiger partial charge in [-0.15, -0.1) is 0 Å². The number of nitrogens with zero attached hydrogens (tertiary/aromatic N) is 4. The first-order valence-electron chi connectivity index (χ1n) is 27.2. The number of aryl methyl sites for hydroxylation is 3. The average Bonchev–Trinajstić information content (AvgIpc) is 3.41. The molecular formula is C62H80N4O6. The minimum Gasteiger partial charge on any atom is -0.494 e. The topological polar surface area (TPSA) is 115 Å². The molecule has 2 heterocycles. The van der Waals surface area contributed by atoms with Crippen molar-refractivity contribution in [1.29, 1.82) is 0 Å². The van der Waals surface area contributed by atoms with Crippen molar-refractivity contribution in [2.24, 2.45) is 0 Å². The highest BCUT2D eigenvalue weighted by molar-refractivity contribution is 5.91. The zero-order valence-corrected chi connectivity index (χ0v) is 43.6. The Labute approximate surface area is 430 Å². The highest BCUT2D eigenvalue weighted by Crippen LogP contribution is 2.30. The van der Waals surface area contributed by atoms with Crippen LogP contribution in [0.15, 0.2) is 116 Å². The summed E-state index contributed by atoms with van der Waals surface area (Å²) in [6, 6.07) is 28.8. The van der Waals surface area contributed by atoms with E-state index in [2.05, 4.69) is 33.8 Å². The summed E-state index contributed by atoms with van der Waals surface area (Å²) in [7, 11) is 0. The Kier molecular flexibility index (Phi) is 24.9. The van der Waals surface area contributed by atoms with E-state index >= 15 is 0 Å². The smallest absolute Gasteiger partial charge is 0.343 e. The number of carbonyl (C=O) groups is 1. The van der Waals surface area contributed by atoms with Gasteiger partial charge in [-0.2, -0.15) is 0 Å². The summed E-state index contributed by atoms with van der Waals surface area (Å²) in [5.41, 5.74) is 5.87. The van der Waals surface area contributed by atoms with Gasteiger partial charge in [0.25, 0.3) is 0 Å². The Morgan fingerprint density at radius 2 is 0.792 bits per heavy atom. The van der Waals surface area contributed by atoms with Crippen LogP contribution in [0.5, 0.6) is 28.7 Å². The van der Waals surface area contributed by atoms with E-state index < -0.39 is 5.97 Å². The lowest BCUT2D eigenvalue weighted by Crippen LogP contribution is -2.10. The molecule has 2 aromatic heterocycles. The maximum atomic E-state index is 13.2. The van der Waals surface area contributed by atoms with Gasteiger partial charge in [0.05, 0.1) is 32.0 Å². The summed E-state index contributed by atoms with van der Waals surface area (Å²) in [6.07, 6.45) is 33.0. The first-order valence-corrected chi connectivity index (χ1v) is 27.2. The van der Waals surface area contributed by atoms with Crippen LogP contribution < -0.4 is 23.7 Å². The number of carbonyl (C=O) groups excluding carboxylic acids is 1. The summed E-state index contributed by atoms with van der Waals surface area (Å²) in [6.45, 7) is 8.83. The molecule has 0 amide bonds. The summed E-state index contributed by atoms with van der Waals surface area (Å²) in [5, 5.41) is 0. The predicted octanol–water partition coefficient (Wildman–Crippen LogP) is 16.0. The highest BCUT2D eigenvalue weighted by atomic mass is 16.5. The molecule has 0 aliphatic heterocycles. The monoisotopic (exact) mass is 977 g/mol. The first-order chi connectivity index (χ1) is 35.5. The molecule has 0 saturated carbocycles. The Bertz CT molecular complexity index is 2390. The van der Waals surface area contributed by atoms with Crippen LogP contribution in [0.3, 0.4) is 0 Å². The van der Waals surface area contributed by atoms with Crippen molar-refractivity contribution >= 4 is 5.97 Å². The van der Waals surface area contributed by atoms with Gasteiger partial charge in [0.2, 0.25) is 0 Å². The number of hydrogen-bond acceptors (Lipinski definition) is 10. The normalized spacial score (nSPS) is 11.1. The minimum absolute atomic E-state index is 0.406. The molecule has 4 aromatic carbocycles. The fourth-order valence-corrected chi connectivity index (χ4v) is 8.38. The van der Waals surface area contributed by atoms with Crippen LogP contribution in [0.25, 0.3) is 22.8 Å². The molecule has 0 saturated heterocycles. The number of aromatic nitrogens is 4. The number of rotatable bonds is 36. The van der Waals surface area contributed by atoms with Gasteiger partial charge in [0.1, 0.15) is 17.2 Å². The van der Waals surface area contributed by atoms with E-state index in [1.54, 1.807) is 24.3 Å². The lowest BCUT2D eigenvalue weighted by molar-refractivity contribution is 0.0734. The van der Waals surface area contributed by atoms with Crippen molar-refractivity contribution in [1.82, 2.24) is 19.9 Å². The zero-order valence-electron chi connectivity index (χ0n) is 43.6. The Hall–Kier alpha value is -6.29.